The van der Waals surface area contributed by atoms with Gasteiger partial charge in [-0.3, -0.25) is 10.6 Å². The van der Waals surface area contributed by atoms with Crippen LogP contribution < -0.4 is 10.6 Å². The van der Waals surface area contributed by atoms with Crippen molar-refractivity contribution in [3.63, 3.8) is 0 Å². The van der Waals surface area contributed by atoms with Gasteiger partial charge in [0.1, 0.15) is 4.99 Å². The Morgan fingerprint density at radius 3 is 2.67 bits per heavy atom. The average Bonchev–Trinajstić information content (AvgIpc) is 2.54. The molecule has 1 spiro atoms. The first-order chi connectivity index (χ1) is 5.91. The van der Waals surface area contributed by atoms with Gasteiger partial charge in [-0.15, -0.1) is 0 Å². The first-order valence-corrected chi connectivity index (χ1v) is 5.01. The number of hydrogen-bond acceptors (Lipinski definition) is 3. The van der Waals surface area contributed by atoms with Gasteiger partial charge in [0, 0.05) is 23.5 Å². The van der Waals surface area contributed by atoms with E-state index in [1.165, 1.54) is 10.5 Å². The molecule has 0 radical (unpaired) electrons. The SMILES string of the molecule is c1ccc2c(c1)SC21NCCN1. The molecule has 1 fully saturated rings. The second-order valence-corrected chi connectivity index (χ2v) is 4.39. The van der Waals surface area contributed by atoms with E-state index < -0.39 is 0 Å². The number of rotatable bonds is 0. The minimum absolute atomic E-state index is 0.0661. The third-order valence-electron chi connectivity index (χ3n) is 2.40. The molecule has 1 aromatic rings. The van der Waals surface area contributed by atoms with E-state index in [2.05, 4.69) is 34.9 Å². The van der Waals surface area contributed by atoms with E-state index in [1.54, 1.807) is 0 Å². The molecule has 3 heteroatoms. The highest BCUT2D eigenvalue weighted by molar-refractivity contribution is 8.01. The molecule has 0 aliphatic carbocycles. The minimum atomic E-state index is 0.0661. The summed E-state index contributed by atoms with van der Waals surface area (Å²) in [7, 11) is 0. The molecule has 2 N–H and O–H groups in total. The third-order valence-corrected chi connectivity index (χ3v) is 3.79. The minimum Gasteiger partial charge on any atom is -0.285 e. The predicted molar refractivity (Wildman–Crippen MR) is 50.0 cm³/mol. The van der Waals surface area contributed by atoms with Crippen LogP contribution in [0.5, 0.6) is 0 Å². The summed E-state index contributed by atoms with van der Waals surface area (Å²) in [5, 5.41) is 6.96. The van der Waals surface area contributed by atoms with Gasteiger partial charge in [0.25, 0.3) is 0 Å². The normalized spacial score (nSPS) is 23.7. The van der Waals surface area contributed by atoms with Crippen molar-refractivity contribution >= 4 is 11.8 Å². The topological polar surface area (TPSA) is 24.1 Å². The fourth-order valence-corrected chi connectivity index (χ4v) is 3.11. The highest BCUT2D eigenvalue weighted by atomic mass is 32.2. The average molecular weight is 178 g/mol. The van der Waals surface area contributed by atoms with Crippen LogP contribution in [0.2, 0.25) is 0 Å². The van der Waals surface area contributed by atoms with E-state index in [0.717, 1.165) is 13.1 Å². The molecule has 2 aliphatic heterocycles. The number of fused-ring (bicyclic) bond motifs is 2. The van der Waals surface area contributed by atoms with E-state index in [-0.39, 0.29) is 4.99 Å². The second-order valence-electron chi connectivity index (χ2n) is 3.13. The van der Waals surface area contributed by atoms with Crippen LogP contribution in [0.15, 0.2) is 29.2 Å². The van der Waals surface area contributed by atoms with E-state index in [1.807, 2.05) is 11.8 Å². The molecule has 0 aromatic heterocycles. The largest absolute Gasteiger partial charge is 0.285 e. The Kier molecular flexibility index (Phi) is 1.30. The summed E-state index contributed by atoms with van der Waals surface area (Å²) in [5.74, 6) is 0. The lowest BCUT2D eigenvalue weighted by atomic mass is 10.1. The van der Waals surface area contributed by atoms with Gasteiger partial charge in [-0.1, -0.05) is 30.0 Å². The molecule has 12 heavy (non-hydrogen) atoms. The maximum Gasteiger partial charge on any atom is 0.149 e. The Morgan fingerprint density at radius 1 is 1.17 bits per heavy atom. The van der Waals surface area contributed by atoms with Gasteiger partial charge in [-0.05, 0) is 6.07 Å². The van der Waals surface area contributed by atoms with Crippen LogP contribution in [0.3, 0.4) is 0 Å². The van der Waals surface area contributed by atoms with Gasteiger partial charge in [-0.2, -0.15) is 0 Å². The van der Waals surface area contributed by atoms with Crippen LogP contribution in [0.4, 0.5) is 0 Å². The summed E-state index contributed by atoms with van der Waals surface area (Å²) < 4.78 is 0. The molecule has 2 aliphatic rings. The van der Waals surface area contributed by atoms with Crippen LogP contribution in [0.25, 0.3) is 0 Å². The molecule has 0 bridgehead atoms. The molecular weight excluding hydrogens is 168 g/mol. The molecule has 2 heterocycles. The van der Waals surface area contributed by atoms with Crippen LogP contribution in [-0.2, 0) is 4.99 Å². The molecule has 0 unspecified atom stereocenters. The summed E-state index contributed by atoms with van der Waals surface area (Å²) in [5.41, 5.74) is 1.41. The Hall–Kier alpha value is -0.510. The Labute approximate surface area is 75.7 Å². The molecular formula is C9H10N2S. The molecule has 0 atom stereocenters. The number of nitrogens with one attached hydrogen (secondary N) is 2. The highest BCUT2D eigenvalue weighted by Crippen LogP contribution is 2.51. The Bertz CT molecular complexity index is 318. The smallest absolute Gasteiger partial charge is 0.149 e. The van der Waals surface area contributed by atoms with Gasteiger partial charge in [0.15, 0.2) is 0 Å². The van der Waals surface area contributed by atoms with Crippen molar-refractivity contribution < 1.29 is 0 Å². The first kappa shape index (κ1) is 6.95. The maximum atomic E-state index is 3.48. The van der Waals surface area contributed by atoms with E-state index in [4.69, 9.17) is 0 Å². The van der Waals surface area contributed by atoms with Crippen molar-refractivity contribution in [3.8, 4) is 0 Å². The zero-order chi connectivity index (χ0) is 8.02. The lowest BCUT2D eigenvalue weighted by Gasteiger charge is -2.39. The van der Waals surface area contributed by atoms with Gasteiger partial charge in [0.2, 0.25) is 0 Å². The summed E-state index contributed by atoms with van der Waals surface area (Å²) >= 11 is 1.89. The lowest BCUT2D eigenvalue weighted by Crippen LogP contribution is -2.47. The van der Waals surface area contributed by atoms with E-state index in [0.29, 0.717) is 0 Å². The summed E-state index contributed by atoms with van der Waals surface area (Å²) in [6.45, 7) is 2.14. The predicted octanol–water partition coefficient (Wildman–Crippen LogP) is 1.10. The van der Waals surface area contributed by atoms with Crippen molar-refractivity contribution in [2.24, 2.45) is 0 Å². The van der Waals surface area contributed by atoms with E-state index in [9.17, 15) is 0 Å². The monoisotopic (exact) mass is 178 g/mol. The quantitative estimate of drug-likeness (QED) is 0.622. The van der Waals surface area contributed by atoms with Gasteiger partial charge in [-0.25, -0.2) is 0 Å². The molecule has 3 rings (SSSR count). The number of benzene rings is 1. The van der Waals surface area contributed by atoms with Crippen molar-refractivity contribution in [2.45, 2.75) is 9.89 Å². The van der Waals surface area contributed by atoms with Crippen molar-refractivity contribution in [1.82, 2.24) is 10.6 Å². The van der Waals surface area contributed by atoms with Crippen LogP contribution >= 0.6 is 11.8 Å². The van der Waals surface area contributed by atoms with Gasteiger partial charge in [0.05, 0.1) is 0 Å². The molecule has 1 aromatic carbocycles. The van der Waals surface area contributed by atoms with E-state index >= 15 is 0 Å². The highest BCUT2D eigenvalue weighted by Gasteiger charge is 2.45. The summed E-state index contributed by atoms with van der Waals surface area (Å²) in [6, 6.07) is 8.56. The summed E-state index contributed by atoms with van der Waals surface area (Å²) in [6.07, 6.45) is 0. The number of thioether (sulfide) groups is 1. The Balaban J connectivity index is 2.06. The molecule has 0 saturated carbocycles. The zero-order valence-electron chi connectivity index (χ0n) is 6.63. The van der Waals surface area contributed by atoms with Gasteiger partial charge >= 0.3 is 0 Å². The fraction of sp³-hybridized carbons (Fsp3) is 0.333. The van der Waals surface area contributed by atoms with Crippen molar-refractivity contribution in [1.29, 1.82) is 0 Å². The molecule has 2 nitrogen and oxygen atoms in total. The first-order valence-electron chi connectivity index (χ1n) is 4.19. The van der Waals surface area contributed by atoms with Crippen LogP contribution in [0, 0.1) is 0 Å². The van der Waals surface area contributed by atoms with Crippen molar-refractivity contribution in [3.05, 3.63) is 29.8 Å². The zero-order valence-corrected chi connectivity index (χ0v) is 7.45. The Morgan fingerprint density at radius 2 is 1.92 bits per heavy atom. The molecule has 0 amide bonds. The third kappa shape index (κ3) is 0.736. The fourth-order valence-electron chi connectivity index (χ4n) is 1.82. The van der Waals surface area contributed by atoms with Crippen molar-refractivity contribution in [2.75, 3.05) is 13.1 Å². The van der Waals surface area contributed by atoms with Crippen LogP contribution in [0.1, 0.15) is 5.56 Å². The standard InChI is InChI=1S/C9H10N2S/c1-2-4-8-7(3-1)9(12-8)10-5-6-11-9/h1-4,10-11H,5-6H2. The molecule has 62 valence electrons. The van der Waals surface area contributed by atoms with Crippen LogP contribution in [-0.4, -0.2) is 13.1 Å². The van der Waals surface area contributed by atoms with Gasteiger partial charge < -0.3 is 0 Å². The summed E-state index contributed by atoms with van der Waals surface area (Å²) in [4.78, 5) is 1.47. The maximum absolute atomic E-state index is 3.48. The molecule has 1 saturated heterocycles. The second kappa shape index (κ2) is 2.25. The lowest BCUT2D eigenvalue weighted by molar-refractivity contribution is 0.493. The number of hydrogen-bond donors (Lipinski definition) is 2.